The Morgan fingerprint density at radius 2 is 2.09 bits per heavy atom. The molecule has 0 unspecified atom stereocenters. The number of para-hydroxylation sites is 1. The molecule has 0 fully saturated rings. The molecule has 0 atom stereocenters. The molecule has 2 N–H and O–H groups in total. The SMILES string of the molecule is Nc1ccccc1COCS. The summed E-state index contributed by atoms with van der Waals surface area (Å²) in [6, 6.07) is 7.64. The van der Waals surface area contributed by atoms with Gasteiger partial charge in [-0.2, -0.15) is 12.6 Å². The van der Waals surface area contributed by atoms with Crippen LogP contribution in [0.5, 0.6) is 0 Å². The molecule has 0 aromatic heterocycles. The highest BCUT2D eigenvalue weighted by Crippen LogP contribution is 2.11. The van der Waals surface area contributed by atoms with Gasteiger partial charge in [0, 0.05) is 11.3 Å². The summed E-state index contributed by atoms with van der Waals surface area (Å²) in [7, 11) is 0. The molecule has 0 aliphatic heterocycles. The van der Waals surface area contributed by atoms with Crippen LogP contribution in [0.25, 0.3) is 0 Å². The van der Waals surface area contributed by atoms with E-state index in [1.165, 1.54) is 0 Å². The summed E-state index contributed by atoms with van der Waals surface area (Å²) in [5.41, 5.74) is 7.44. The number of hydrogen-bond donors (Lipinski definition) is 2. The summed E-state index contributed by atoms with van der Waals surface area (Å²) in [6.07, 6.45) is 0. The zero-order valence-corrected chi connectivity index (χ0v) is 7.05. The van der Waals surface area contributed by atoms with E-state index in [0.29, 0.717) is 12.5 Å². The van der Waals surface area contributed by atoms with Gasteiger partial charge in [0.1, 0.15) is 0 Å². The number of thiol groups is 1. The maximum Gasteiger partial charge on any atom is 0.0897 e. The molecule has 0 radical (unpaired) electrons. The van der Waals surface area contributed by atoms with Gasteiger partial charge in [-0.15, -0.1) is 0 Å². The number of rotatable bonds is 3. The van der Waals surface area contributed by atoms with Crippen LogP contribution >= 0.6 is 12.6 Å². The third kappa shape index (κ3) is 2.44. The molecule has 0 aliphatic carbocycles. The average molecular weight is 169 g/mol. The fraction of sp³-hybridized carbons (Fsp3) is 0.250. The van der Waals surface area contributed by atoms with Crippen LogP contribution < -0.4 is 5.73 Å². The summed E-state index contributed by atoms with van der Waals surface area (Å²) in [4.78, 5) is 0. The Labute approximate surface area is 71.8 Å². The van der Waals surface area contributed by atoms with E-state index < -0.39 is 0 Å². The Balaban J connectivity index is 2.62. The normalized spacial score (nSPS) is 9.91. The molecule has 0 aliphatic rings. The first-order valence-electron chi connectivity index (χ1n) is 3.36. The summed E-state index contributed by atoms with van der Waals surface area (Å²) in [5, 5.41) is 0. The predicted molar refractivity (Wildman–Crippen MR) is 49.5 cm³/mol. The monoisotopic (exact) mass is 169 g/mol. The van der Waals surface area contributed by atoms with E-state index in [0.717, 1.165) is 11.3 Å². The average Bonchev–Trinajstić information content (AvgIpc) is 2.03. The molecular weight excluding hydrogens is 158 g/mol. The first kappa shape index (κ1) is 8.43. The maximum absolute atomic E-state index is 5.66. The van der Waals surface area contributed by atoms with Gasteiger partial charge in [-0.25, -0.2) is 0 Å². The summed E-state index contributed by atoms with van der Waals surface area (Å²) < 4.78 is 5.08. The first-order chi connectivity index (χ1) is 5.34. The highest BCUT2D eigenvalue weighted by molar-refractivity contribution is 7.80. The Hall–Kier alpha value is -0.670. The Morgan fingerprint density at radius 3 is 2.73 bits per heavy atom. The molecule has 0 heterocycles. The minimum absolute atomic E-state index is 0.425. The lowest BCUT2D eigenvalue weighted by atomic mass is 10.2. The number of nitrogens with two attached hydrogens (primary N) is 1. The van der Waals surface area contributed by atoms with Crippen molar-refractivity contribution >= 4 is 18.3 Å². The van der Waals surface area contributed by atoms with Gasteiger partial charge in [0.25, 0.3) is 0 Å². The zero-order valence-electron chi connectivity index (χ0n) is 6.16. The number of anilines is 1. The van der Waals surface area contributed by atoms with E-state index in [1.807, 2.05) is 24.3 Å². The van der Waals surface area contributed by atoms with E-state index in [1.54, 1.807) is 0 Å². The van der Waals surface area contributed by atoms with Crippen LogP contribution in [0.1, 0.15) is 5.56 Å². The van der Waals surface area contributed by atoms with Crippen molar-refractivity contribution in [1.82, 2.24) is 0 Å². The van der Waals surface area contributed by atoms with Crippen LogP contribution in [0, 0.1) is 0 Å². The van der Waals surface area contributed by atoms with E-state index >= 15 is 0 Å². The van der Waals surface area contributed by atoms with E-state index in [-0.39, 0.29) is 0 Å². The Kier molecular flexibility index (Phi) is 3.26. The van der Waals surface area contributed by atoms with Gasteiger partial charge >= 0.3 is 0 Å². The third-order valence-corrected chi connectivity index (χ3v) is 1.59. The molecule has 0 bridgehead atoms. The molecule has 0 spiro atoms. The largest absolute Gasteiger partial charge is 0.398 e. The van der Waals surface area contributed by atoms with Crippen LogP contribution in [0.4, 0.5) is 5.69 Å². The second-order valence-electron chi connectivity index (χ2n) is 2.18. The topological polar surface area (TPSA) is 35.2 Å². The summed E-state index contributed by atoms with van der Waals surface area (Å²) in [5.74, 6) is 0.425. The zero-order chi connectivity index (χ0) is 8.10. The van der Waals surface area contributed by atoms with Crippen molar-refractivity contribution in [1.29, 1.82) is 0 Å². The van der Waals surface area contributed by atoms with Gasteiger partial charge in [0.05, 0.1) is 12.5 Å². The van der Waals surface area contributed by atoms with Gasteiger partial charge < -0.3 is 10.5 Å². The summed E-state index contributed by atoms with van der Waals surface area (Å²) >= 11 is 3.92. The molecule has 11 heavy (non-hydrogen) atoms. The van der Waals surface area contributed by atoms with Crippen LogP contribution in [0.2, 0.25) is 0 Å². The lowest BCUT2D eigenvalue weighted by molar-refractivity contribution is 0.170. The van der Waals surface area contributed by atoms with Crippen molar-refractivity contribution in [2.75, 3.05) is 11.7 Å². The molecule has 0 saturated heterocycles. The van der Waals surface area contributed by atoms with Crippen LogP contribution in [-0.2, 0) is 11.3 Å². The lowest BCUT2D eigenvalue weighted by Crippen LogP contribution is -1.96. The van der Waals surface area contributed by atoms with Crippen molar-refractivity contribution < 1.29 is 4.74 Å². The fourth-order valence-electron chi connectivity index (χ4n) is 0.821. The van der Waals surface area contributed by atoms with E-state index in [2.05, 4.69) is 12.6 Å². The second kappa shape index (κ2) is 4.26. The smallest absolute Gasteiger partial charge is 0.0897 e. The Morgan fingerprint density at radius 1 is 1.36 bits per heavy atom. The van der Waals surface area contributed by atoms with Crippen LogP contribution in [0.15, 0.2) is 24.3 Å². The molecule has 1 aromatic carbocycles. The second-order valence-corrected chi connectivity index (χ2v) is 2.43. The van der Waals surface area contributed by atoms with Gasteiger partial charge in [-0.05, 0) is 6.07 Å². The maximum atomic E-state index is 5.66. The fourth-order valence-corrected chi connectivity index (χ4v) is 0.913. The van der Waals surface area contributed by atoms with Gasteiger partial charge in [-0.3, -0.25) is 0 Å². The van der Waals surface area contributed by atoms with Crippen LogP contribution in [0.3, 0.4) is 0 Å². The molecule has 0 amide bonds. The molecule has 2 nitrogen and oxygen atoms in total. The van der Waals surface area contributed by atoms with Crippen LogP contribution in [-0.4, -0.2) is 5.94 Å². The molecule has 60 valence electrons. The number of hydrogen-bond acceptors (Lipinski definition) is 3. The van der Waals surface area contributed by atoms with Crippen molar-refractivity contribution in [3.05, 3.63) is 29.8 Å². The van der Waals surface area contributed by atoms with E-state index in [4.69, 9.17) is 10.5 Å². The lowest BCUT2D eigenvalue weighted by Gasteiger charge is -2.03. The predicted octanol–water partition coefficient (Wildman–Crippen LogP) is 1.67. The van der Waals surface area contributed by atoms with Crippen molar-refractivity contribution in [3.8, 4) is 0 Å². The standard InChI is InChI=1S/C8H11NOS/c9-8-4-2-1-3-7(8)5-10-6-11/h1-4,11H,5-6,9H2. The highest BCUT2D eigenvalue weighted by Gasteiger charge is 1.95. The van der Waals surface area contributed by atoms with Crippen molar-refractivity contribution in [3.63, 3.8) is 0 Å². The molecule has 1 rings (SSSR count). The molecule has 1 aromatic rings. The third-order valence-electron chi connectivity index (χ3n) is 1.40. The summed E-state index contributed by atoms with van der Waals surface area (Å²) in [6.45, 7) is 0.538. The number of benzene rings is 1. The first-order valence-corrected chi connectivity index (χ1v) is 4.00. The molecule has 3 heteroatoms. The molecule has 0 saturated carbocycles. The highest BCUT2D eigenvalue weighted by atomic mass is 32.1. The molecular formula is C8H11NOS. The van der Waals surface area contributed by atoms with Gasteiger partial charge in [0.15, 0.2) is 0 Å². The quantitative estimate of drug-likeness (QED) is 0.410. The minimum Gasteiger partial charge on any atom is -0.398 e. The number of ether oxygens (including phenoxy) is 1. The van der Waals surface area contributed by atoms with Crippen molar-refractivity contribution in [2.45, 2.75) is 6.61 Å². The van der Waals surface area contributed by atoms with Gasteiger partial charge in [0.2, 0.25) is 0 Å². The number of nitrogen functional groups attached to an aromatic ring is 1. The van der Waals surface area contributed by atoms with E-state index in [9.17, 15) is 0 Å². The minimum atomic E-state index is 0.425. The van der Waals surface area contributed by atoms with Gasteiger partial charge in [-0.1, -0.05) is 18.2 Å². The Bertz CT molecular complexity index is 227. The van der Waals surface area contributed by atoms with Crippen molar-refractivity contribution in [2.24, 2.45) is 0 Å².